The third-order valence-electron chi connectivity index (χ3n) is 5.88. The molecule has 10 heteroatoms. The first-order chi connectivity index (χ1) is 15.8. The maximum Gasteiger partial charge on any atom is 0.420 e. The lowest BCUT2D eigenvalue weighted by molar-refractivity contribution is -0.140. The topological polar surface area (TPSA) is 63.7 Å². The van der Waals surface area contributed by atoms with Crippen molar-refractivity contribution in [1.29, 1.82) is 0 Å². The van der Waals surface area contributed by atoms with Crippen LogP contribution in [0, 0.1) is 5.92 Å². The van der Waals surface area contributed by atoms with Crippen LogP contribution >= 0.6 is 15.9 Å². The molecule has 0 bridgehead atoms. The van der Waals surface area contributed by atoms with E-state index in [-0.39, 0.29) is 30.4 Å². The van der Waals surface area contributed by atoms with Crippen molar-refractivity contribution >= 4 is 21.8 Å². The maximum atomic E-state index is 13.3. The molecule has 1 aromatic heterocycles. The molecule has 2 aliphatic rings. The molecule has 1 N–H and O–H groups in total. The van der Waals surface area contributed by atoms with Crippen LogP contribution in [0.4, 0.5) is 13.2 Å². The molecule has 2 aliphatic heterocycles. The Kier molecular flexibility index (Phi) is 7.43. The summed E-state index contributed by atoms with van der Waals surface area (Å²) >= 11 is 3.35. The summed E-state index contributed by atoms with van der Waals surface area (Å²) in [5.74, 6) is 0.241. The van der Waals surface area contributed by atoms with Crippen molar-refractivity contribution in [3.8, 4) is 11.5 Å². The van der Waals surface area contributed by atoms with E-state index in [1.165, 1.54) is 12.1 Å². The number of hydrogen-bond acceptors (Lipinski definition) is 5. The second-order valence-corrected chi connectivity index (χ2v) is 9.33. The number of benzene rings is 1. The molecule has 3 heterocycles. The zero-order valence-electron chi connectivity index (χ0n) is 17.9. The van der Waals surface area contributed by atoms with E-state index in [2.05, 4.69) is 31.1 Å². The number of likely N-dealkylation sites (tertiary alicyclic amines) is 1. The molecule has 6 nitrogen and oxygen atoms in total. The smallest absolute Gasteiger partial charge is 0.420 e. The molecule has 1 aromatic carbocycles. The van der Waals surface area contributed by atoms with Gasteiger partial charge >= 0.3 is 6.18 Å². The summed E-state index contributed by atoms with van der Waals surface area (Å²) in [4.78, 5) is 18.5. The fraction of sp³-hybridized carbons (Fsp3) is 0.478. The number of nitrogens with one attached hydrogen (secondary N) is 1. The van der Waals surface area contributed by atoms with E-state index < -0.39 is 17.8 Å². The predicted octanol–water partition coefficient (Wildman–Crippen LogP) is 4.07. The second-order valence-electron chi connectivity index (χ2n) is 8.42. The van der Waals surface area contributed by atoms with Gasteiger partial charge in [-0.05, 0) is 71.5 Å². The maximum absolute atomic E-state index is 13.3. The molecular weight excluding hydrogens is 503 g/mol. The average molecular weight is 528 g/mol. The molecule has 1 fully saturated rings. The van der Waals surface area contributed by atoms with Crippen molar-refractivity contribution in [3.05, 3.63) is 52.3 Å². The zero-order chi connectivity index (χ0) is 23.4. The van der Waals surface area contributed by atoms with Gasteiger partial charge in [-0.15, -0.1) is 0 Å². The van der Waals surface area contributed by atoms with E-state index in [9.17, 15) is 18.0 Å². The minimum atomic E-state index is -4.49. The first-order valence-corrected chi connectivity index (χ1v) is 11.7. The van der Waals surface area contributed by atoms with Crippen LogP contribution in [0.2, 0.25) is 0 Å². The van der Waals surface area contributed by atoms with Gasteiger partial charge < -0.3 is 14.8 Å². The van der Waals surface area contributed by atoms with Crippen molar-refractivity contribution in [2.24, 2.45) is 5.92 Å². The number of ether oxygens (including phenoxy) is 2. The van der Waals surface area contributed by atoms with Crippen LogP contribution in [0.3, 0.4) is 0 Å². The highest BCUT2D eigenvalue weighted by molar-refractivity contribution is 9.10. The number of hydrogen-bond donors (Lipinski definition) is 1. The SMILES string of the molecule is O=C(Cc1cncc(Br)c1)NCC1CCN(C[C@H]2COc3cccc(C(F)(F)F)c3O2)CC1. The van der Waals surface area contributed by atoms with Crippen molar-refractivity contribution in [1.82, 2.24) is 15.2 Å². The molecule has 178 valence electrons. The molecule has 0 saturated carbocycles. The number of amides is 1. The minimum Gasteiger partial charge on any atom is -0.486 e. The summed E-state index contributed by atoms with van der Waals surface area (Å²) in [6.07, 6.45) is 0.478. The van der Waals surface area contributed by atoms with Crippen LogP contribution < -0.4 is 14.8 Å². The lowest BCUT2D eigenvalue weighted by Gasteiger charge is -2.36. The Balaban J connectivity index is 1.21. The highest BCUT2D eigenvalue weighted by Gasteiger charge is 2.38. The first kappa shape index (κ1) is 23.8. The van der Waals surface area contributed by atoms with Gasteiger partial charge in [-0.25, -0.2) is 0 Å². The molecule has 0 unspecified atom stereocenters. The Labute approximate surface area is 198 Å². The summed E-state index contributed by atoms with van der Waals surface area (Å²) in [7, 11) is 0. The molecule has 33 heavy (non-hydrogen) atoms. The van der Waals surface area contributed by atoms with Crippen molar-refractivity contribution < 1.29 is 27.4 Å². The van der Waals surface area contributed by atoms with Crippen LogP contribution in [-0.4, -0.2) is 54.7 Å². The standard InChI is InChI=1S/C23H25BrF3N3O3/c24-17-8-16(10-28-12-17)9-21(31)29-11-15-4-6-30(7-5-15)13-18-14-32-20-3-1-2-19(22(20)33-18)23(25,26)27/h1-3,8,10,12,15,18H,4-7,9,11,13-14H2,(H,29,31)/t18-/m0/s1. The Morgan fingerprint density at radius 3 is 2.76 bits per heavy atom. The largest absolute Gasteiger partial charge is 0.486 e. The van der Waals surface area contributed by atoms with Crippen LogP contribution in [0.1, 0.15) is 24.0 Å². The highest BCUT2D eigenvalue weighted by atomic mass is 79.9. The van der Waals surface area contributed by atoms with Gasteiger partial charge in [-0.2, -0.15) is 13.2 Å². The second kappa shape index (κ2) is 10.3. The number of pyridine rings is 1. The van der Waals surface area contributed by atoms with Crippen LogP contribution in [0.15, 0.2) is 41.1 Å². The number of rotatable bonds is 6. The fourth-order valence-electron chi connectivity index (χ4n) is 4.17. The Morgan fingerprint density at radius 2 is 2.03 bits per heavy atom. The van der Waals surface area contributed by atoms with E-state index >= 15 is 0 Å². The average Bonchev–Trinajstić information content (AvgIpc) is 2.77. The van der Waals surface area contributed by atoms with Gasteiger partial charge in [0.15, 0.2) is 11.5 Å². The van der Waals surface area contributed by atoms with Crippen molar-refractivity contribution in [2.45, 2.75) is 31.5 Å². The van der Waals surface area contributed by atoms with Crippen molar-refractivity contribution in [3.63, 3.8) is 0 Å². The number of fused-ring (bicyclic) bond motifs is 1. The fourth-order valence-corrected chi connectivity index (χ4v) is 4.58. The third-order valence-corrected chi connectivity index (χ3v) is 6.31. The van der Waals surface area contributed by atoms with E-state index in [0.717, 1.165) is 42.0 Å². The molecule has 2 aromatic rings. The lowest BCUT2D eigenvalue weighted by Crippen LogP contribution is -2.45. The van der Waals surface area contributed by atoms with E-state index in [1.54, 1.807) is 12.4 Å². The molecule has 0 spiro atoms. The quantitative estimate of drug-likeness (QED) is 0.613. The van der Waals surface area contributed by atoms with Gasteiger partial charge in [-0.3, -0.25) is 14.7 Å². The van der Waals surface area contributed by atoms with E-state index in [0.29, 0.717) is 19.0 Å². The number of aromatic nitrogens is 1. The summed E-state index contributed by atoms with van der Waals surface area (Å²) in [6.45, 7) is 2.92. The number of carbonyl (C=O) groups excluding carboxylic acids is 1. The van der Waals surface area contributed by atoms with Gasteiger partial charge in [0.2, 0.25) is 5.91 Å². The van der Waals surface area contributed by atoms with Gasteiger partial charge in [0.1, 0.15) is 18.3 Å². The third kappa shape index (κ3) is 6.38. The number of alkyl halides is 3. The first-order valence-electron chi connectivity index (χ1n) is 10.9. The Bertz CT molecular complexity index is 981. The van der Waals surface area contributed by atoms with Crippen LogP contribution in [0.25, 0.3) is 0 Å². The van der Waals surface area contributed by atoms with Crippen LogP contribution in [0.5, 0.6) is 11.5 Å². The normalized spacial score (nSPS) is 19.3. The molecule has 1 amide bonds. The number of halogens is 4. The summed E-state index contributed by atoms with van der Waals surface area (Å²) in [5, 5.41) is 3.00. The number of para-hydroxylation sites is 1. The van der Waals surface area contributed by atoms with Crippen LogP contribution in [-0.2, 0) is 17.4 Å². The Morgan fingerprint density at radius 1 is 1.24 bits per heavy atom. The molecule has 4 rings (SSSR count). The van der Waals surface area contributed by atoms with Gasteiger partial charge in [0.25, 0.3) is 0 Å². The van der Waals surface area contributed by atoms with E-state index in [1.807, 2.05) is 6.07 Å². The predicted molar refractivity (Wildman–Crippen MR) is 119 cm³/mol. The summed E-state index contributed by atoms with van der Waals surface area (Å²) in [6, 6.07) is 5.70. The Hall–Kier alpha value is -2.33. The van der Waals surface area contributed by atoms with E-state index in [4.69, 9.17) is 9.47 Å². The summed E-state index contributed by atoms with van der Waals surface area (Å²) in [5.41, 5.74) is 0.0411. The number of nitrogens with zero attached hydrogens (tertiary/aromatic N) is 2. The number of piperidine rings is 1. The zero-order valence-corrected chi connectivity index (χ0v) is 19.5. The van der Waals surface area contributed by atoms with Gasteiger partial charge in [-0.1, -0.05) is 6.07 Å². The minimum absolute atomic E-state index is 0.0378. The highest BCUT2D eigenvalue weighted by Crippen LogP contribution is 2.43. The molecule has 0 aliphatic carbocycles. The molecule has 1 saturated heterocycles. The van der Waals surface area contributed by atoms with Gasteiger partial charge in [0, 0.05) is 30.0 Å². The monoisotopic (exact) mass is 527 g/mol. The van der Waals surface area contributed by atoms with Crippen molar-refractivity contribution in [2.75, 3.05) is 32.8 Å². The lowest BCUT2D eigenvalue weighted by atomic mass is 9.96. The van der Waals surface area contributed by atoms with Gasteiger partial charge in [0.05, 0.1) is 6.42 Å². The summed E-state index contributed by atoms with van der Waals surface area (Å²) < 4.78 is 52.0. The molecular formula is C23H25BrF3N3O3. The molecule has 1 atom stereocenters. The number of carbonyl (C=O) groups is 1. The molecule has 0 radical (unpaired) electrons.